The molecule has 0 spiro atoms. The number of para-hydroxylation sites is 1. The van der Waals surface area contributed by atoms with E-state index in [1.165, 1.54) is 13.1 Å². The Hall–Kier alpha value is -7.11. The summed E-state index contributed by atoms with van der Waals surface area (Å²) in [6.07, 6.45) is -3.92. The third-order valence-electron chi connectivity index (χ3n) is 8.96. The second-order valence-corrected chi connectivity index (χ2v) is 14.3. The molecule has 0 unspecified atom stereocenters. The molecule has 14 N–H and O–H groups in total. The van der Waals surface area contributed by atoms with Gasteiger partial charge in [-0.05, 0) is 37.3 Å². The Morgan fingerprint density at radius 2 is 0.984 bits per heavy atom. The van der Waals surface area contributed by atoms with Gasteiger partial charge in [-0.3, -0.25) is 47.9 Å². The molecule has 1 aromatic heterocycles. The zero-order chi connectivity index (χ0) is 46.1. The van der Waals surface area contributed by atoms with Gasteiger partial charge < -0.3 is 68.2 Å². The number of nitrogens with one attached hydrogen (secondary N) is 7. The Labute approximate surface area is 346 Å². The van der Waals surface area contributed by atoms with Crippen molar-refractivity contribution in [2.75, 3.05) is 0 Å². The van der Waals surface area contributed by atoms with Crippen molar-refractivity contribution in [3.8, 4) is 0 Å². The zero-order valence-corrected chi connectivity index (χ0v) is 33.3. The number of carboxylic acid groups (broad SMARTS) is 5. The second kappa shape index (κ2) is 23.5. The van der Waals surface area contributed by atoms with Gasteiger partial charge in [-0.25, -0.2) is 4.79 Å². The minimum atomic E-state index is -2.12. The molecule has 0 aliphatic heterocycles. The van der Waals surface area contributed by atoms with Gasteiger partial charge >= 0.3 is 29.8 Å². The topological polar surface area (TPSA) is 403 Å². The second-order valence-electron chi connectivity index (χ2n) is 14.3. The van der Waals surface area contributed by atoms with Crippen LogP contribution in [0.1, 0.15) is 64.9 Å². The number of hydrogen-bond donors (Lipinski definition) is 13. The fourth-order valence-corrected chi connectivity index (χ4v) is 5.73. The molecule has 0 radical (unpaired) electrons. The molecule has 0 aliphatic rings. The predicted octanol–water partition coefficient (Wildman–Crippen LogP) is -2.61. The van der Waals surface area contributed by atoms with E-state index in [-0.39, 0.29) is 6.42 Å². The van der Waals surface area contributed by atoms with Crippen LogP contribution in [0.5, 0.6) is 0 Å². The number of carbonyl (C=O) groups excluding carboxylic acids is 6. The number of benzene rings is 1. The third-order valence-corrected chi connectivity index (χ3v) is 8.96. The van der Waals surface area contributed by atoms with E-state index in [0.717, 1.165) is 0 Å². The van der Waals surface area contributed by atoms with Crippen LogP contribution in [-0.4, -0.2) is 138 Å². The number of aromatic nitrogens is 1. The quantitative estimate of drug-likeness (QED) is 0.0461. The van der Waals surface area contributed by atoms with Gasteiger partial charge in [0.25, 0.3) is 0 Å². The van der Waals surface area contributed by atoms with Crippen molar-refractivity contribution in [1.29, 1.82) is 0 Å². The lowest BCUT2D eigenvalue weighted by Crippen LogP contribution is -2.60. The fraction of sp³-hybridized carbons (Fsp3) is 0.486. The number of rotatable bonds is 26. The normalized spacial score (nSPS) is 14.4. The number of hydrogen-bond acceptors (Lipinski definition) is 12. The first kappa shape index (κ1) is 50.0. The number of nitrogens with two attached hydrogens (primary N) is 1. The molecule has 61 heavy (non-hydrogen) atoms. The average Bonchev–Trinajstić information content (AvgIpc) is 3.57. The third kappa shape index (κ3) is 16.6. The molecule has 1 heterocycles. The smallest absolute Gasteiger partial charge is 0.326 e. The molecule has 0 saturated heterocycles. The SMILES string of the molecule is CC(C)[C@H](NC(=O)[C@H](C)N)C(=O)N[C@@H](CCC(=O)O)C(=O)N[C@@H](CCC(=O)O)C(=O)N[C@@H](CC(=O)O)C(=O)N[C@@H](CC(=O)O)C(=O)N[C@@H](Cc1c[nH]c2ccccc12)C(=O)O. The van der Waals surface area contributed by atoms with Gasteiger partial charge in [-0.1, -0.05) is 32.0 Å². The van der Waals surface area contributed by atoms with Gasteiger partial charge in [0.2, 0.25) is 35.4 Å². The van der Waals surface area contributed by atoms with Crippen molar-refractivity contribution in [3.63, 3.8) is 0 Å². The summed E-state index contributed by atoms with van der Waals surface area (Å²) in [4.78, 5) is 141. The van der Waals surface area contributed by atoms with E-state index in [1.807, 2.05) is 10.6 Å². The predicted molar refractivity (Wildman–Crippen MR) is 208 cm³/mol. The van der Waals surface area contributed by atoms with Crippen LogP contribution in [0.25, 0.3) is 10.9 Å². The van der Waals surface area contributed by atoms with Crippen molar-refractivity contribution in [3.05, 3.63) is 36.0 Å². The first-order valence-electron chi connectivity index (χ1n) is 18.7. The summed E-state index contributed by atoms with van der Waals surface area (Å²) >= 11 is 0. The summed E-state index contributed by atoms with van der Waals surface area (Å²) in [6, 6.07) is -4.89. The molecule has 0 aliphatic carbocycles. The van der Waals surface area contributed by atoms with Crippen LogP contribution in [0.2, 0.25) is 0 Å². The fourth-order valence-electron chi connectivity index (χ4n) is 5.73. The highest BCUT2D eigenvalue weighted by Crippen LogP contribution is 2.19. The minimum Gasteiger partial charge on any atom is -0.481 e. The van der Waals surface area contributed by atoms with Crippen LogP contribution in [0.3, 0.4) is 0 Å². The van der Waals surface area contributed by atoms with E-state index in [4.69, 9.17) is 5.73 Å². The Kier molecular flexibility index (Phi) is 19.3. The molecule has 7 atom stereocenters. The summed E-state index contributed by atoms with van der Waals surface area (Å²) in [7, 11) is 0. The van der Waals surface area contributed by atoms with Crippen LogP contribution in [0.15, 0.2) is 30.5 Å². The molecule has 1 aromatic carbocycles. The Morgan fingerprint density at radius 3 is 1.41 bits per heavy atom. The molecule has 0 saturated carbocycles. The lowest BCUT2D eigenvalue weighted by Gasteiger charge is -2.27. The number of H-pyrrole nitrogens is 1. The van der Waals surface area contributed by atoms with E-state index < -0.39 is 152 Å². The average molecular weight is 863 g/mol. The molecule has 24 nitrogen and oxygen atoms in total. The van der Waals surface area contributed by atoms with Gasteiger partial charge in [0.15, 0.2) is 0 Å². The zero-order valence-electron chi connectivity index (χ0n) is 33.3. The van der Waals surface area contributed by atoms with E-state index in [1.54, 1.807) is 38.1 Å². The van der Waals surface area contributed by atoms with E-state index >= 15 is 0 Å². The van der Waals surface area contributed by atoms with E-state index in [0.29, 0.717) is 16.5 Å². The first-order valence-corrected chi connectivity index (χ1v) is 18.7. The summed E-state index contributed by atoms with van der Waals surface area (Å²) in [6.45, 7) is 4.43. The van der Waals surface area contributed by atoms with Crippen molar-refractivity contribution >= 4 is 76.2 Å². The standard InChI is InChI=1S/C37H50N8O16/c1-16(2)30(45-31(54)17(3)38)36(59)41-22(9-11-27(48)49)32(55)40-21(8-10-26(46)47)33(56)42-23(13-28(50)51)34(57)43-24(14-29(52)53)35(58)44-25(37(60)61)12-18-15-39-20-7-5-4-6-19(18)20/h4-7,15-17,21-25,30,39H,8-14,38H2,1-3H3,(H,40,55)(H,41,59)(H,42,56)(H,43,57)(H,44,58)(H,45,54)(H,46,47)(H,48,49)(H,50,51)(H,52,53)(H,60,61)/t17-,21-,22-,23-,24-,25-,30-/m0/s1. The van der Waals surface area contributed by atoms with Crippen LogP contribution in [0, 0.1) is 5.92 Å². The number of aliphatic carboxylic acids is 5. The molecular weight excluding hydrogens is 812 g/mol. The van der Waals surface area contributed by atoms with Crippen LogP contribution in [0.4, 0.5) is 0 Å². The minimum absolute atomic E-state index is 0.288. The van der Waals surface area contributed by atoms with Crippen LogP contribution < -0.4 is 37.6 Å². The number of carboxylic acids is 5. The summed E-state index contributed by atoms with van der Waals surface area (Å²) < 4.78 is 0. The first-order chi connectivity index (χ1) is 28.5. The summed E-state index contributed by atoms with van der Waals surface area (Å²) in [5, 5.41) is 61.2. The lowest BCUT2D eigenvalue weighted by atomic mass is 10.0. The molecule has 2 rings (SSSR count). The van der Waals surface area contributed by atoms with Crippen molar-refractivity contribution < 1.29 is 78.3 Å². The van der Waals surface area contributed by atoms with Crippen molar-refractivity contribution in [2.45, 2.75) is 108 Å². The van der Waals surface area contributed by atoms with Crippen LogP contribution >= 0.6 is 0 Å². The van der Waals surface area contributed by atoms with Gasteiger partial charge in [0, 0.05) is 36.4 Å². The maximum atomic E-state index is 13.6. The molecule has 0 fully saturated rings. The van der Waals surface area contributed by atoms with Crippen molar-refractivity contribution in [1.82, 2.24) is 36.9 Å². The van der Waals surface area contributed by atoms with Gasteiger partial charge in [0.1, 0.15) is 36.3 Å². The highest BCUT2D eigenvalue weighted by Gasteiger charge is 2.36. The molecule has 24 heteroatoms. The maximum Gasteiger partial charge on any atom is 0.326 e. The lowest BCUT2D eigenvalue weighted by molar-refractivity contribution is -0.145. The number of fused-ring (bicyclic) bond motifs is 1. The molecule has 0 bridgehead atoms. The molecular formula is C37H50N8O16. The largest absolute Gasteiger partial charge is 0.481 e. The van der Waals surface area contributed by atoms with Gasteiger partial charge in [-0.15, -0.1) is 0 Å². The number of amides is 6. The highest BCUT2D eigenvalue weighted by molar-refractivity contribution is 5.99. The van der Waals surface area contributed by atoms with Crippen LogP contribution in [-0.2, 0) is 59.2 Å². The van der Waals surface area contributed by atoms with Gasteiger partial charge in [0.05, 0.1) is 18.9 Å². The van der Waals surface area contributed by atoms with Crippen molar-refractivity contribution in [2.24, 2.45) is 11.7 Å². The van der Waals surface area contributed by atoms with E-state index in [9.17, 15) is 78.3 Å². The maximum absolute atomic E-state index is 13.6. The monoisotopic (exact) mass is 862 g/mol. The number of aromatic amines is 1. The Morgan fingerprint density at radius 1 is 0.557 bits per heavy atom. The molecule has 6 amide bonds. The molecule has 334 valence electrons. The van der Waals surface area contributed by atoms with Gasteiger partial charge in [-0.2, -0.15) is 0 Å². The summed E-state index contributed by atoms with van der Waals surface area (Å²) in [5.41, 5.74) is 6.70. The Bertz CT molecular complexity index is 1980. The number of carbonyl (C=O) groups is 11. The molecule has 2 aromatic rings. The Balaban J connectivity index is 2.35. The van der Waals surface area contributed by atoms with E-state index in [2.05, 4.69) is 26.3 Å². The summed E-state index contributed by atoms with van der Waals surface area (Å²) in [5.74, 6) is -15.4. The highest BCUT2D eigenvalue weighted by atomic mass is 16.4.